The van der Waals surface area contributed by atoms with Crippen molar-refractivity contribution in [2.45, 2.75) is 232 Å². The Kier molecular flexibility index (Phi) is 48.2. The van der Waals surface area contributed by atoms with E-state index in [1.54, 1.807) is 0 Å². The molecule has 69 heavy (non-hydrogen) atoms. The summed E-state index contributed by atoms with van der Waals surface area (Å²) in [5.74, 6) is -2.32. The first-order chi connectivity index (χ1) is 33.6. The van der Waals surface area contributed by atoms with Crippen LogP contribution in [0, 0.1) is 0 Å². The number of unbranched alkanes of at least 4 members (excludes halogenated alkanes) is 21. The van der Waals surface area contributed by atoms with Gasteiger partial charge < -0.3 is 33.3 Å². The van der Waals surface area contributed by atoms with Crippen LogP contribution in [-0.4, -0.2) is 82.3 Å². The number of esters is 2. The summed E-state index contributed by atoms with van der Waals surface area (Å²) in [5.41, 5.74) is 0. The molecule has 0 heterocycles. The number of carboxylic acids is 1. The molecule has 0 spiro atoms. The number of hydrogen-bond acceptors (Lipinski definition) is 8. The van der Waals surface area contributed by atoms with Gasteiger partial charge in [0, 0.05) is 12.8 Å². The minimum atomic E-state index is -1.63. The van der Waals surface area contributed by atoms with Crippen LogP contribution < -0.4 is 5.11 Å². The SMILES string of the molecule is CC/C=C\C/C=C\C/C=C\C/C=C\CCCCCCCCCCCCCCCCCCCCC(=O)OC(COC(=O)CCCCC/C=C\C/C=C\C/C=C\CC)COC(OCC[N+](C)(C)C)C(=O)[O-]. The van der Waals surface area contributed by atoms with Gasteiger partial charge in [0.1, 0.15) is 13.2 Å². The second-order valence-electron chi connectivity index (χ2n) is 19.5. The van der Waals surface area contributed by atoms with Crippen molar-refractivity contribution in [3.63, 3.8) is 0 Å². The number of rotatable bonds is 50. The number of allylic oxidation sites excluding steroid dienone is 14. The van der Waals surface area contributed by atoms with Crippen LogP contribution >= 0.6 is 0 Å². The van der Waals surface area contributed by atoms with Crippen molar-refractivity contribution in [3.8, 4) is 0 Å². The predicted molar refractivity (Wildman–Crippen MR) is 288 cm³/mol. The zero-order valence-electron chi connectivity index (χ0n) is 44.9. The van der Waals surface area contributed by atoms with Crippen LogP contribution in [0.1, 0.15) is 219 Å². The van der Waals surface area contributed by atoms with E-state index >= 15 is 0 Å². The van der Waals surface area contributed by atoms with E-state index in [1.165, 1.54) is 96.3 Å². The molecule has 0 aromatic carbocycles. The van der Waals surface area contributed by atoms with Crippen molar-refractivity contribution < 1.29 is 42.9 Å². The summed E-state index contributed by atoms with van der Waals surface area (Å²) in [6.45, 7) is 4.48. The van der Waals surface area contributed by atoms with E-state index in [0.717, 1.165) is 83.5 Å². The fraction of sp³-hybridized carbons (Fsp3) is 0.717. The van der Waals surface area contributed by atoms with Gasteiger partial charge >= 0.3 is 11.9 Å². The number of carbonyl (C=O) groups is 3. The van der Waals surface area contributed by atoms with Gasteiger partial charge in [-0.1, -0.05) is 208 Å². The average molecular weight is 966 g/mol. The van der Waals surface area contributed by atoms with E-state index in [4.69, 9.17) is 18.9 Å². The van der Waals surface area contributed by atoms with Gasteiger partial charge in [0.25, 0.3) is 0 Å². The molecule has 0 bridgehead atoms. The maximum absolute atomic E-state index is 12.8. The second-order valence-corrected chi connectivity index (χ2v) is 19.5. The molecule has 0 amide bonds. The Morgan fingerprint density at radius 3 is 1.17 bits per heavy atom. The predicted octanol–water partition coefficient (Wildman–Crippen LogP) is 14.7. The Bertz CT molecular complexity index is 1400. The van der Waals surface area contributed by atoms with E-state index in [0.29, 0.717) is 23.9 Å². The van der Waals surface area contributed by atoms with E-state index in [2.05, 4.69) is 98.9 Å². The van der Waals surface area contributed by atoms with Crippen LogP contribution in [-0.2, 0) is 33.3 Å². The van der Waals surface area contributed by atoms with Crippen molar-refractivity contribution in [1.29, 1.82) is 0 Å². The molecule has 0 aromatic heterocycles. The van der Waals surface area contributed by atoms with E-state index in [1.807, 2.05) is 21.1 Å². The van der Waals surface area contributed by atoms with E-state index in [-0.39, 0.29) is 38.6 Å². The molecule has 2 atom stereocenters. The van der Waals surface area contributed by atoms with Crippen molar-refractivity contribution in [3.05, 3.63) is 85.1 Å². The quantitative estimate of drug-likeness (QED) is 0.0195. The normalized spacial score (nSPS) is 13.5. The summed E-state index contributed by atoms with van der Waals surface area (Å²) in [7, 11) is 5.90. The Hall–Kier alpha value is -3.53. The van der Waals surface area contributed by atoms with Gasteiger partial charge in [0.2, 0.25) is 0 Å². The molecule has 0 aliphatic carbocycles. The number of likely N-dealkylation sites (N-methyl/N-ethyl adjacent to an activating group) is 1. The fourth-order valence-electron chi connectivity index (χ4n) is 7.42. The lowest BCUT2D eigenvalue weighted by Crippen LogP contribution is -2.44. The van der Waals surface area contributed by atoms with Gasteiger partial charge in [-0.3, -0.25) is 9.59 Å². The monoisotopic (exact) mass is 966 g/mol. The zero-order valence-corrected chi connectivity index (χ0v) is 44.9. The molecular weight excluding hydrogens is 863 g/mol. The second kappa shape index (κ2) is 50.8. The van der Waals surface area contributed by atoms with Gasteiger partial charge in [-0.25, -0.2) is 0 Å². The molecule has 0 saturated carbocycles. The van der Waals surface area contributed by atoms with Crippen LogP contribution in [0.5, 0.6) is 0 Å². The molecule has 0 saturated heterocycles. The highest BCUT2D eigenvalue weighted by atomic mass is 16.7. The fourth-order valence-corrected chi connectivity index (χ4v) is 7.42. The number of ether oxygens (including phenoxy) is 4. The minimum Gasteiger partial charge on any atom is -0.545 e. The first kappa shape index (κ1) is 65.5. The van der Waals surface area contributed by atoms with Gasteiger partial charge in [0.15, 0.2) is 12.4 Å². The molecule has 0 radical (unpaired) electrons. The minimum absolute atomic E-state index is 0.140. The molecule has 9 nitrogen and oxygen atoms in total. The number of carboxylic acid groups (broad SMARTS) is 1. The Morgan fingerprint density at radius 2 is 0.783 bits per heavy atom. The Labute approximate surface area is 423 Å². The molecule has 0 fully saturated rings. The summed E-state index contributed by atoms with van der Waals surface area (Å²) >= 11 is 0. The van der Waals surface area contributed by atoms with E-state index < -0.39 is 24.3 Å². The van der Waals surface area contributed by atoms with Crippen LogP contribution in [0.4, 0.5) is 0 Å². The average Bonchev–Trinajstić information content (AvgIpc) is 3.31. The van der Waals surface area contributed by atoms with Gasteiger partial charge in [-0.05, 0) is 83.5 Å². The topological polar surface area (TPSA) is 111 Å². The molecule has 0 N–H and O–H groups in total. The zero-order chi connectivity index (χ0) is 50.6. The lowest BCUT2D eigenvalue weighted by atomic mass is 10.0. The Balaban J connectivity index is 4.15. The molecule has 396 valence electrons. The van der Waals surface area contributed by atoms with Gasteiger partial charge in [-0.2, -0.15) is 0 Å². The summed E-state index contributed by atoms with van der Waals surface area (Å²) in [4.78, 5) is 37.1. The number of aliphatic carboxylic acids is 1. The van der Waals surface area contributed by atoms with Gasteiger partial charge in [-0.15, -0.1) is 0 Å². The van der Waals surface area contributed by atoms with Crippen molar-refractivity contribution in [1.82, 2.24) is 0 Å². The molecule has 2 unspecified atom stereocenters. The maximum atomic E-state index is 12.8. The third-order valence-electron chi connectivity index (χ3n) is 11.6. The number of nitrogens with zero attached hydrogens (tertiary/aromatic N) is 1. The number of hydrogen-bond donors (Lipinski definition) is 0. The highest BCUT2D eigenvalue weighted by Gasteiger charge is 2.22. The highest BCUT2D eigenvalue weighted by Crippen LogP contribution is 2.16. The Morgan fingerprint density at radius 1 is 0.435 bits per heavy atom. The van der Waals surface area contributed by atoms with E-state index in [9.17, 15) is 19.5 Å². The molecule has 0 aromatic rings. The number of quaternary nitrogens is 1. The number of carbonyl (C=O) groups excluding carboxylic acids is 3. The van der Waals surface area contributed by atoms with Crippen LogP contribution in [0.3, 0.4) is 0 Å². The molecule has 0 rings (SSSR count). The molecular formula is C60H103NO8. The lowest BCUT2D eigenvalue weighted by Gasteiger charge is -2.26. The van der Waals surface area contributed by atoms with Crippen LogP contribution in [0.2, 0.25) is 0 Å². The molecule has 0 aliphatic rings. The molecule has 9 heteroatoms. The van der Waals surface area contributed by atoms with Crippen LogP contribution in [0.25, 0.3) is 0 Å². The third kappa shape index (κ3) is 52.1. The van der Waals surface area contributed by atoms with Crippen LogP contribution in [0.15, 0.2) is 85.1 Å². The summed E-state index contributed by atoms with van der Waals surface area (Å²) < 4.78 is 22.6. The largest absolute Gasteiger partial charge is 0.545 e. The maximum Gasteiger partial charge on any atom is 0.306 e. The standard InChI is InChI=1S/C60H103NO8/c1-6-8-10-12-14-16-18-20-21-22-23-24-25-26-27-28-29-30-31-32-33-34-35-36-37-39-41-43-45-47-49-51-58(63)69-56(55-68-60(59(64)65)66-53-52-61(3,4)5)54-67-57(62)50-48-46-44-42-40-38-19-17-15-13-11-9-7-2/h8-11,14-17,20-21,23-24,38,40,56,60H,6-7,12-13,18-19,22,25-37,39,41-55H2,1-5H3/b10-8-,11-9-,16-14-,17-15-,21-20-,24-23-,40-38-. The first-order valence-corrected chi connectivity index (χ1v) is 27.7. The summed E-state index contributed by atoms with van der Waals surface area (Å²) in [6, 6.07) is 0. The summed E-state index contributed by atoms with van der Waals surface area (Å²) in [5, 5.41) is 11.7. The highest BCUT2D eigenvalue weighted by molar-refractivity contribution is 5.70. The first-order valence-electron chi connectivity index (χ1n) is 27.7. The smallest absolute Gasteiger partial charge is 0.306 e. The molecule has 0 aliphatic heterocycles. The van der Waals surface area contributed by atoms with Crippen molar-refractivity contribution >= 4 is 17.9 Å². The summed E-state index contributed by atoms with van der Waals surface area (Å²) in [6.07, 6.45) is 63.6. The van der Waals surface area contributed by atoms with Crippen molar-refractivity contribution in [2.24, 2.45) is 0 Å². The van der Waals surface area contributed by atoms with Gasteiger partial charge in [0.05, 0.1) is 40.3 Å². The lowest BCUT2D eigenvalue weighted by molar-refractivity contribution is -0.870. The third-order valence-corrected chi connectivity index (χ3v) is 11.6. The van der Waals surface area contributed by atoms with Crippen molar-refractivity contribution in [2.75, 3.05) is 47.5 Å².